The van der Waals surface area contributed by atoms with Crippen molar-refractivity contribution in [3.8, 4) is 0 Å². The van der Waals surface area contributed by atoms with Crippen LogP contribution in [0.2, 0.25) is 0 Å². The summed E-state index contributed by atoms with van der Waals surface area (Å²) in [6, 6.07) is 8.65. The Morgan fingerprint density at radius 1 is 1.38 bits per heavy atom. The summed E-state index contributed by atoms with van der Waals surface area (Å²) in [6.07, 6.45) is 4.40. The van der Waals surface area contributed by atoms with Crippen molar-refractivity contribution < 1.29 is 0 Å². The van der Waals surface area contributed by atoms with Crippen molar-refractivity contribution in [2.24, 2.45) is 0 Å². The third-order valence-electron chi connectivity index (χ3n) is 4.34. The molecule has 0 aromatic carbocycles. The van der Waals surface area contributed by atoms with Gasteiger partial charge in [-0.1, -0.05) is 0 Å². The molecule has 1 fully saturated rings. The minimum atomic E-state index is 0.603. The molecular weight excluding hydrogens is 278 g/mol. The molecule has 3 aromatic heterocycles. The van der Waals surface area contributed by atoms with Crippen LogP contribution in [0, 0.1) is 0 Å². The van der Waals surface area contributed by atoms with Gasteiger partial charge in [0.25, 0.3) is 0 Å². The van der Waals surface area contributed by atoms with E-state index in [1.807, 2.05) is 12.3 Å². The second-order valence-electron chi connectivity index (χ2n) is 5.87. The molecule has 0 bridgehead atoms. The number of rotatable bonds is 3. The number of aromatic amines is 1. The van der Waals surface area contributed by atoms with E-state index < -0.39 is 0 Å². The lowest BCUT2D eigenvalue weighted by Gasteiger charge is -2.32. The Balaban J connectivity index is 1.52. The first-order valence-electron chi connectivity index (χ1n) is 7.55. The number of likely N-dealkylation sites (tertiary alicyclic amines) is 1. The number of nitrogens with zero attached hydrogens (tertiary/aromatic N) is 2. The molecule has 1 aliphatic rings. The summed E-state index contributed by atoms with van der Waals surface area (Å²) in [5.74, 6) is 0.603. The van der Waals surface area contributed by atoms with Crippen LogP contribution in [0.4, 0.5) is 0 Å². The normalized spacial score (nSPS) is 20.1. The van der Waals surface area contributed by atoms with E-state index in [1.165, 1.54) is 36.0 Å². The molecular formula is C17H19N3S. The molecule has 1 atom stereocenters. The zero-order chi connectivity index (χ0) is 14.1. The number of thiophene rings is 1. The highest BCUT2D eigenvalue weighted by Crippen LogP contribution is 2.29. The van der Waals surface area contributed by atoms with E-state index in [2.05, 4.69) is 43.8 Å². The van der Waals surface area contributed by atoms with Gasteiger partial charge in [-0.25, -0.2) is 4.98 Å². The monoisotopic (exact) mass is 297 g/mol. The highest BCUT2D eigenvalue weighted by Gasteiger charge is 2.22. The highest BCUT2D eigenvalue weighted by molar-refractivity contribution is 7.07. The first-order chi connectivity index (χ1) is 10.4. The summed E-state index contributed by atoms with van der Waals surface area (Å²) in [5, 5.41) is 5.65. The number of piperidine rings is 1. The van der Waals surface area contributed by atoms with Crippen molar-refractivity contribution in [2.45, 2.75) is 25.3 Å². The number of hydrogen-bond donors (Lipinski definition) is 1. The fourth-order valence-corrected chi connectivity index (χ4v) is 3.95. The number of hydrogen-bond acceptors (Lipinski definition) is 3. The van der Waals surface area contributed by atoms with E-state index in [0.29, 0.717) is 5.92 Å². The third kappa shape index (κ3) is 2.74. The van der Waals surface area contributed by atoms with Gasteiger partial charge in [0.05, 0.1) is 0 Å². The van der Waals surface area contributed by atoms with Crippen molar-refractivity contribution in [1.82, 2.24) is 14.9 Å². The number of pyridine rings is 1. The molecule has 4 rings (SSSR count). The maximum absolute atomic E-state index is 4.41. The number of aromatic nitrogens is 2. The van der Waals surface area contributed by atoms with E-state index >= 15 is 0 Å². The standard InChI is InChI=1S/C17H19N3S/c1-3-14-9-16(19-17(14)18-6-1)15-4-2-7-20(11-15)10-13-5-8-21-12-13/h1,3,5-6,8-9,12,15H,2,4,7,10-11H2,(H,18,19)/t15-/m0/s1. The van der Waals surface area contributed by atoms with E-state index in [9.17, 15) is 0 Å². The molecule has 1 N–H and O–H groups in total. The molecule has 0 aliphatic carbocycles. The van der Waals surface area contributed by atoms with Crippen LogP contribution in [0.25, 0.3) is 11.0 Å². The Hall–Kier alpha value is -1.65. The highest BCUT2D eigenvalue weighted by atomic mass is 32.1. The zero-order valence-corrected chi connectivity index (χ0v) is 12.8. The summed E-state index contributed by atoms with van der Waals surface area (Å²) < 4.78 is 0. The van der Waals surface area contributed by atoms with Gasteiger partial charge in [-0.15, -0.1) is 0 Å². The van der Waals surface area contributed by atoms with Gasteiger partial charge in [0.2, 0.25) is 0 Å². The largest absolute Gasteiger partial charge is 0.343 e. The lowest BCUT2D eigenvalue weighted by molar-refractivity contribution is 0.199. The molecule has 3 aromatic rings. The lowest BCUT2D eigenvalue weighted by Crippen LogP contribution is -2.33. The van der Waals surface area contributed by atoms with Gasteiger partial charge in [-0.3, -0.25) is 4.90 Å². The minimum Gasteiger partial charge on any atom is -0.343 e. The molecule has 0 unspecified atom stereocenters. The van der Waals surface area contributed by atoms with Gasteiger partial charge < -0.3 is 4.98 Å². The Bertz CT molecular complexity index is 684. The van der Waals surface area contributed by atoms with Crippen LogP contribution in [-0.2, 0) is 6.54 Å². The first-order valence-corrected chi connectivity index (χ1v) is 8.50. The van der Waals surface area contributed by atoms with E-state index in [0.717, 1.165) is 18.7 Å². The Labute approximate surface area is 128 Å². The van der Waals surface area contributed by atoms with Crippen LogP contribution in [0.15, 0.2) is 41.2 Å². The molecule has 1 saturated heterocycles. The number of H-pyrrole nitrogens is 1. The summed E-state index contributed by atoms with van der Waals surface area (Å²) in [4.78, 5) is 10.5. The van der Waals surface area contributed by atoms with Crippen LogP contribution in [0.3, 0.4) is 0 Å². The SMILES string of the molecule is c1cnc2[nH]c([C@H]3CCCN(Cc4ccsc4)C3)cc2c1. The van der Waals surface area contributed by atoms with Crippen LogP contribution < -0.4 is 0 Å². The third-order valence-corrected chi connectivity index (χ3v) is 5.08. The molecule has 0 spiro atoms. The van der Waals surface area contributed by atoms with Crippen molar-refractivity contribution in [1.29, 1.82) is 0 Å². The molecule has 108 valence electrons. The van der Waals surface area contributed by atoms with Gasteiger partial charge in [0, 0.05) is 36.3 Å². The van der Waals surface area contributed by atoms with E-state index in [4.69, 9.17) is 0 Å². The Kier molecular flexibility index (Phi) is 3.49. The van der Waals surface area contributed by atoms with Crippen molar-refractivity contribution in [3.63, 3.8) is 0 Å². The van der Waals surface area contributed by atoms with Crippen LogP contribution >= 0.6 is 11.3 Å². The average Bonchev–Trinajstić information content (AvgIpc) is 3.16. The Morgan fingerprint density at radius 2 is 2.38 bits per heavy atom. The average molecular weight is 297 g/mol. The minimum absolute atomic E-state index is 0.603. The second-order valence-corrected chi connectivity index (χ2v) is 6.65. The first kappa shape index (κ1) is 13.0. The second kappa shape index (κ2) is 5.62. The molecule has 0 saturated carbocycles. The summed E-state index contributed by atoms with van der Waals surface area (Å²) >= 11 is 1.79. The van der Waals surface area contributed by atoms with E-state index in [1.54, 1.807) is 11.3 Å². The van der Waals surface area contributed by atoms with Crippen LogP contribution in [0.1, 0.15) is 30.0 Å². The molecule has 3 nitrogen and oxygen atoms in total. The molecule has 1 aliphatic heterocycles. The molecule has 0 amide bonds. The van der Waals surface area contributed by atoms with Crippen molar-refractivity contribution >= 4 is 22.4 Å². The quantitative estimate of drug-likeness (QED) is 0.792. The van der Waals surface area contributed by atoms with Crippen molar-refractivity contribution in [3.05, 3.63) is 52.5 Å². The topological polar surface area (TPSA) is 31.9 Å². The van der Waals surface area contributed by atoms with Crippen LogP contribution in [-0.4, -0.2) is 28.0 Å². The zero-order valence-electron chi connectivity index (χ0n) is 12.0. The molecule has 4 heteroatoms. The van der Waals surface area contributed by atoms with Crippen molar-refractivity contribution in [2.75, 3.05) is 13.1 Å². The number of nitrogens with one attached hydrogen (secondary N) is 1. The molecule has 21 heavy (non-hydrogen) atoms. The predicted octanol–water partition coefficient (Wildman–Crippen LogP) is 4.00. The summed E-state index contributed by atoms with van der Waals surface area (Å²) in [5.41, 5.74) is 3.81. The number of fused-ring (bicyclic) bond motifs is 1. The fraction of sp³-hybridized carbons (Fsp3) is 0.353. The van der Waals surface area contributed by atoms with Crippen LogP contribution in [0.5, 0.6) is 0 Å². The maximum atomic E-state index is 4.41. The smallest absolute Gasteiger partial charge is 0.137 e. The van der Waals surface area contributed by atoms with Gasteiger partial charge in [0.15, 0.2) is 0 Å². The molecule has 0 radical (unpaired) electrons. The van der Waals surface area contributed by atoms with Gasteiger partial charge >= 0.3 is 0 Å². The van der Waals surface area contributed by atoms with E-state index in [-0.39, 0.29) is 0 Å². The molecule has 4 heterocycles. The fourth-order valence-electron chi connectivity index (χ4n) is 3.29. The van der Waals surface area contributed by atoms with Gasteiger partial charge in [0.1, 0.15) is 5.65 Å². The maximum Gasteiger partial charge on any atom is 0.137 e. The summed E-state index contributed by atoms with van der Waals surface area (Å²) in [7, 11) is 0. The predicted molar refractivity (Wildman–Crippen MR) is 87.7 cm³/mol. The van der Waals surface area contributed by atoms with Gasteiger partial charge in [-0.2, -0.15) is 11.3 Å². The lowest BCUT2D eigenvalue weighted by atomic mass is 9.94. The summed E-state index contributed by atoms with van der Waals surface area (Å²) in [6.45, 7) is 3.44. The Morgan fingerprint density at radius 3 is 3.24 bits per heavy atom. The van der Waals surface area contributed by atoms with Gasteiger partial charge in [-0.05, 0) is 60.0 Å².